The lowest BCUT2D eigenvalue weighted by Crippen LogP contribution is -2.26. The number of nitrogens with zero attached hydrogens (tertiary/aromatic N) is 1. The van der Waals surface area contributed by atoms with Crippen molar-refractivity contribution in [1.29, 1.82) is 0 Å². The quantitative estimate of drug-likeness (QED) is 0.794. The van der Waals surface area contributed by atoms with E-state index < -0.39 is 0 Å². The number of fused-ring (bicyclic) bond motifs is 1. The van der Waals surface area contributed by atoms with E-state index in [9.17, 15) is 9.90 Å². The van der Waals surface area contributed by atoms with E-state index in [0.717, 1.165) is 22.1 Å². The molecular weight excluding hydrogens is 302 g/mol. The van der Waals surface area contributed by atoms with Crippen molar-refractivity contribution in [3.05, 3.63) is 71.8 Å². The lowest BCUT2D eigenvalue weighted by Gasteiger charge is -2.19. The Kier molecular flexibility index (Phi) is 4.38. The van der Waals surface area contributed by atoms with Gasteiger partial charge in [0.15, 0.2) is 0 Å². The number of phenolic OH excluding ortho intramolecular Hbond substituents is 1. The SMILES string of the molecule is COc1ccccc1CN(C)C(=O)c1cc2ccccc2cc1O. The minimum absolute atomic E-state index is 0.00873. The van der Waals surface area contributed by atoms with Crippen LogP contribution in [0.25, 0.3) is 10.8 Å². The fourth-order valence-corrected chi connectivity index (χ4v) is 2.77. The summed E-state index contributed by atoms with van der Waals surface area (Å²) in [5.41, 5.74) is 1.21. The average Bonchev–Trinajstić information content (AvgIpc) is 2.61. The molecule has 4 nitrogen and oxygen atoms in total. The van der Waals surface area contributed by atoms with Crippen molar-refractivity contribution in [2.45, 2.75) is 6.54 Å². The number of ether oxygens (including phenoxy) is 1. The molecule has 0 aliphatic rings. The molecule has 3 rings (SSSR count). The van der Waals surface area contributed by atoms with Crippen LogP contribution in [0.2, 0.25) is 0 Å². The highest BCUT2D eigenvalue weighted by molar-refractivity contribution is 6.01. The highest BCUT2D eigenvalue weighted by Gasteiger charge is 2.18. The number of hydrogen-bond acceptors (Lipinski definition) is 3. The van der Waals surface area contributed by atoms with E-state index in [4.69, 9.17) is 4.74 Å². The van der Waals surface area contributed by atoms with E-state index in [0.29, 0.717) is 12.1 Å². The van der Waals surface area contributed by atoms with Gasteiger partial charge in [-0.1, -0.05) is 42.5 Å². The fraction of sp³-hybridized carbons (Fsp3) is 0.150. The van der Waals surface area contributed by atoms with Crippen molar-refractivity contribution >= 4 is 16.7 Å². The summed E-state index contributed by atoms with van der Waals surface area (Å²) in [5, 5.41) is 12.0. The number of hydrogen-bond donors (Lipinski definition) is 1. The van der Waals surface area contributed by atoms with E-state index in [1.54, 1.807) is 31.2 Å². The standard InChI is InChI=1S/C20H19NO3/c1-21(13-16-9-5-6-10-19(16)24-2)20(23)17-11-14-7-3-4-8-15(14)12-18(17)22/h3-12,22H,13H2,1-2H3. The predicted molar refractivity (Wildman–Crippen MR) is 94.4 cm³/mol. The lowest BCUT2D eigenvalue weighted by molar-refractivity contribution is 0.0781. The maximum atomic E-state index is 12.7. The molecule has 0 spiro atoms. The molecule has 0 bridgehead atoms. The lowest BCUT2D eigenvalue weighted by atomic mass is 10.0. The summed E-state index contributed by atoms with van der Waals surface area (Å²) in [6.07, 6.45) is 0. The Hall–Kier alpha value is -3.01. The van der Waals surface area contributed by atoms with Crippen LogP contribution in [-0.2, 0) is 6.54 Å². The van der Waals surface area contributed by atoms with Gasteiger partial charge in [0.1, 0.15) is 11.5 Å². The van der Waals surface area contributed by atoms with Crippen LogP contribution in [0, 0.1) is 0 Å². The van der Waals surface area contributed by atoms with E-state index in [-0.39, 0.29) is 11.7 Å². The Bertz CT molecular complexity index is 889. The van der Waals surface area contributed by atoms with Crippen LogP contribution in [0.1, 0.15) is 15.9 Å². The molecule has 0 radical (unpaired) electrons. The molecule has 0 aliphatic carbocycles. The number of methoxy groups -OCH3 is 1. The molecule has 0 aliphatic heterocycles. The Labute approximate surface area is 140 Å². The van der Waals surface area contributed by atoms with Crippen molar-refractivity contribution in [2.24, 2.45) is 0 Å². The van der Waals surface area contributed by atoms with Gasteiger partial charge < -0.3 is 14.7 Å². The first kappa shape index (κ1) is 15.9. The van der Waals surface area contributed by atoms with Crippen LogP contribution in [0.4, 0.5) is 0 Å². The van der Waals surface area contributed by atoms with Gasteiger partial charge >= 0.3 is 0 Å². The maximum absolute atomic E-state index is 12.7. The van der Waals surface area contributed by atoms with Crippen molar-refractivity contribution in [3.8, 4) is 11.5 Å². The summed E-state index contributed by atoms with van der Waals surface area (Å²) in [4.78, 5) is 14.3. The van der Waals surface area contributed by atoms with Gasteiger partial charge in [0.2, 0.25) is 0 Å². The van der Waals surface area contributed by atoms with Gasteiger partial charge in [0.25, 0.3) is 5.91 Å². The summed E-state index contributed by atoms with van der Waals surface area (Å²) in [6, 6.07) is 18.6. The summed E-state index contributed by atoms with van der Waals surface area (Å²) < 4.78 is 5.33. The molecule has 0 heterocycles. The molecule has 3 aromatic carbocycles. The second-order valence-electron chi connectivity index (χ2n) is 5.69. The number of carbonyl (C=O) groups is 1. The minimum atomic E-state index is -0.232. The van der Waals surface area contributed by atoms with E-state index in [2.05, 4.69) is 0 Å². The van der Waals surface area contributed by atoms with Crippen molar-refractivity contribution < 1.29 is 14.6 Å². The number of rotatable bonds is 4. The third-order valence-electron chi connectivity index (χ3n) is 4.04. The van der Waals surface area contributed by atoms with Gasteiger partial charge in [-0.2, -0.15) is 0 Å². The fourth-order valence-electron chi connectivity index (χ4n) is 2.77. The molecule has 0 unspecified atom stereocenters. The normalized spacial score (nSPS) is 10.6. The molecule has 0 saturated carbocycles. The molecule has 1 N–H and O–H groups in total. The van der Waals surface area contributed by atoms with Crippen molar-refractivity contribution in [3.63, 3.8) is 0 Å². The zero-order chi connectivity index (χ0) is 17.1. The Morgan fingerprint density at radius 2 is 1.67 bits per heavy atom. The first-order valence-electron chi connectivity index (χ1n) is 7.69. The summed E-state index contributed by atoms with van der Waals surface area (Å²) in [5.74, 6) is 0.495. The van der Waals surface area contributed by atoms with E-state index >= 15 is 0 Å². The van der Waals surface area contributed by atoms with Crippen molar-refractivity contribution in [1.82, 2.24) is 4.90 Å². The Morgan fingerprint density at radius 1 is 1.04 bits per heavy atom. The van der Waals surface area contributed by atoms with Crippen LogP contribution in [0.5, 0.6) is 11.5 Å². The van der Waals surface area contributed by atoms with Gasteiger partial charge in [0, 0.05) is 19.2 Å². The number of aromatic hydroxyl groups is 1. The van der Waals surface area contributed by atoms with Crippen molar-refractivity contribution in [2.75, 3.05) is 14.2 Å². The molecule has 24 heavy (non-hydrogen) atoms. The number of amides is 1. The molecule has 0 aromatic heterocycles. The number of phenols is 1. The van der Waals surface area contributed by atoms with E-state index in [1.807, 2.05) is 48.5 Å². The van der Waals surface area contributed by atoms with Crippen LogP contribution < -0.4 is 4.74 Å². The first-order valence-corrected chi connectivity index (χ1v) is 7.69. The van der Waals surface area contributed by atoms with Crippen LogP contribution in [0.15, 0.2) is 60.7 Å². The van der Waals surface area contributed by atoms with Gasteiger partial charge in [-0.05, 0) is 29.0 Å². The number of carbonyl (C=O) groups excluding carboxylic acids is 1. The Morgan fingerprint density at radius 3 is 2.38 bits per heavy atom. The van der Waals surface area contributed by atoms with Gasteiger partial charge in [-0.25, -0.2) is 0 Å². The first-order chi connectivity index (χ1) is 11.6. The largest absolute Gasteiger partial charge is 0.507 e. The summed E-state index contributed by atoms with van der Waals surface area (Å²) in [6.45, 7) is 0.398. The van der Waals surface area contributed by atoms with Gasteiger partial charge in [0.05, 0.1) is 12.7 Å². The third-order valence-corrected chi connectivity index (χ3v) is 4.04. The predicted octanol–water partition coefficient (Wildman–Crippen LogP) is 3.83. The molecule has 1 amide bonds. The van der Waals surface area contributed by atoms with Crippen LogP contribution in [-0.4, -0.2) is 30.1 Å². The molecule has 0 atom stereocenters. The molecule has 4 heteroatoms. The molecule has 0 saturated heterocycles. The van der Waals surface area contributed by atoms with E-state index in [1.165, 1.54) is 0 Å². The molecule has 0 fully saturated rings. The average molecular weight is 321 g/mol. The maximum Gasteiger partial charge on any atom is 0.257 e. The van der Waals surface area contributed by atoms with Crippen LogP contribution in [0.3, 0.4) is 0 Å². The summed E-state index contributed by atoms with van der Waals surface area (Å²) in [7, 11) is 3.32. The highest BCUT2D eigenvalue weighted by Crippen LogP contribution is 2.27. The number of para-hydroxylation sites is 1. The molecular formula is C20H19NO3. The monoisotopic (exact) mass is 321 g/mol. The number of benzene rings is 3. The second-order valence-corrected chi connectivity index (χ2v) is 5.69. The second kappa shape index (κ2) is 6.62. The topological polar surface area (TPSA) is 49.8 Å². The third kappa shape index (κ3) is 3.04. The highest BCUT2D eigenvalue weighted by atomic mass is 16.5. The molecule has 122 valence electrons. The molecule has 3 aromatic rings. The summed E-state index contributed by atoms with van der Waals surface area (Å²) >= 11 is 0. The zero-order valence-electron chi connectivity index (χ0n) is 13.7. The smallest absolute Gasteiger partial charge is 0.257 e. The minimum Gasteiger partial charge on any atom is -0.507 e. The van der Waals surface area contributed by atoms with Gasteiger partial charge in [-0.15, -0.1) is 0 Å². The van der Waals surface area contributed by atoms with Gasteiger partial charge in [-0.3, -0.25) is 4.79 Å². The zero-order valence-corrected chi connectivity index (χ0v) is 13.7. The Balaban J connectivity index is 1.89. The van der Waals surface area contributed by atoms with Crippen LogP contribution >= 0.6 is 0 Å².